The second-order valence-corrected chi connectivity index (χ2v) is 7.83. The van der Waals surface area contributed by atoms with E-state index in [1.807, 2.05) is 17.9 Å². The van der Waals surface area contributed by atoms with Crippen LogP contribution in [0.4, 0.5) is 0 Å². The van der Waals surface area contributed by atoms with E-state index in [0.29, 0.717) is 27.7 Å². The van der Waals surface area contributed by atoms with Crippen molar-refractivity contribution in [2.24, 2.45) is 0 Å². The van der Waals surface area contributed by atoms with Crippen molar-refractivity contribution in [3.63, 3.8) is 0 Å². The molecule has 3 aromatic rings. The molecule has 156 valence electrons. The first-order chi connectivity index (χ1) is 14.5. The number of H-pyrrole nitrogens is 1. The minimum Gasteiger partial charge on any atom is -0.496 e. The molecule has 1 aliphatic heterocycles. The van der Waals surface area contributed by atoms with Crippen LogP contribution in [0.25, 0.3) is 11.0 Å². The van der Waals surface area contributed by atoms with Crippen LogP contribution in [-0.2, 0) is 0 Å². The Hall–Kier alpha value is -3.06. The lowest BCUT2D eigenvalue weighted by Crippen LogP contribution is -2.29. The SMILES string of the molecule is COc1cc(C(=O)N[C@@H](C)c2nc3cc(Cl)ccc3[nH]2)ccc1C(=O)N1CCCC1. The summed E-state index contributed by atoms with van der Waals surface area (Å²) in [5.41, 5.74) is 2.47. The lowest BCUT2D eigenvalue weighted by atomic mass is 10.1. The Morgan fingerprint density at radius 2 is 1.97 bits per heavy atom. The van der Waals surface area contributed by atoms with Crippen LogP contribution >= 0.6 is 11.6 Å². The van der Waals surface area contributed by atoms with E-state index in [1.54, 1.807) is 30.3 Å². The number of carbonyl (C=O) groups is 2. The smallest absolute Gasteiger partial charge is 0.257 e. The number of ether oxygens (including phenoxy) is 1. The van der Waals surface area contributed by atoms with Gasteiger partial charge in [-0.3, -0.25) is 9.59 Å². The van der Waals surface area contributed by atoms with Gasteiger partial charge in [0.25, 0.3) is 11.8 Å². The molecule has 0 saturated carbocycles. The molecule has 1 atom stereocenters. The van der Waals surface area contributed by atoms with Crippen LogP contribution < -0.4 is 10.1 Å². The number of hydrogen-bond acceptors (Lipinski definition) is 4. The largest absolute Gasteiger partial charge is 0.496 e. The van der Waals surface area contributed by atoms with E-state index in [9.17, 15) is 9.59 Å². The fraction of sp³-hybridized carbons (Fsp3) is 0.318. The van der Waals surface area contributed by atoms with E-state index in [0.717, 1.165) is 37.0 Å². The molecule has 2 heterocycles. The number of rotatable bonds is 5. The molecule has 30 heavy (non-hydrogen) atoms. The topological polar surface area (TPSA) is 87.3 Å². The lowest BCUT2D eigenvalue weighted by Gasteiger charge is -2.18. The van der Waals surface area contributed by atoms with Crippen molar-refractivity contribution in [3.05, 3.63) is 58.4 Å². The summed E-state index contributed by atoms with van der Waals surface area (Å²) in [5.74, 6) is 0.684. The number of nitrogens with one attached hydrogen (secondary N) is 2. The van der Waals surface area contributed by atoms with Crippen molar-refractivity contribution in [3.8, 4) is 5.75 Å². The van der Waals surface area contributed by atoms with Crippen LogP contribution in [0, 0.1) is 0 Å². The maximum atomic E-state index is 12.8. The standard InChI is InChI=1S/C22H23ClN4O3/c1-13(20-25-17-8-6-15(23)12-18(17)26-20)24-21(28)14-5-7-16(19(11-14)30-2)22(29)27-9-3-4-10-27/h5-8,11-13H,3-4,9-10H2,1-2H3,(H,24,28)(H,25,26)/t13-/m0/s1. The Labute approximate surface area is 179 Å². The van der Waals surface area contributed by atoms with Gasteiger partial charge in [0.15, 0.2) is 0 Å². The molecule has 2 N–H and O–H groups in total. The molecule has 7 nitrogen and oxygen atoms in total. The van der Waals surface area contributed by atoms with Gasteiger partial charge in [-0.2, -0.15) is 0 Å². The number of aromatic amines is 1. The number of carbonyl (C=O) groups excluding carboxylic acids is 2. The van der Waals surface area contributed by atoms with Gasteiger partial charge in [0.05, 0.1) is 29.7 Å². The minimum absolute atomic E-state index is 0.0642. The maximum absolute atomic E-state index is 12.8. The van der Waals surface area contributed by atoms with Gasteiger partial charge in [-0.25, -0.2) is 4.98 Å². The zero-order chi connectivity index (χ0) is 21.3. The summed E-state index contributed by atoms with van der Waals surface area (Å²) in [4.78, 5) is 35.0. The molecular weight excluding hydrogens is 404 g/mol. The number of hydrogen-bond donors (Lipinski definition) is 2. The van der Waals surface area contributed by atoms with Crippen LogP contribution in [0.1, 0.15) is 52.3 Å². The highest BCUT2D eigenvalue weighted by atomic mass is 35.5. The number of methoxy groups -OCH3 is 1. The third-order valence-electron chi connectivity index (χ3n) is 5.31. The Bertz CT molecular complexity index is 1100. The van der Waals surface area contributed by atoms with Crippen LogP contribution in [0.3, 0.4) is 0 Å². The van der Waals surface area contributed by atoms with E-state index in [1.165, 1.54) is 7.11 Å². The summed E-state index contributed by atoms with van der Waals surface area (Å²) in [6.07, 6.45) is 2.03. The number of fused-ring (bicyclic) bond motifs is 1. The first-order valence-corrected chi connectivity index (χ1v) is 10.3. The van der Waals surface area contributed by atoms with Crippen molar-refractivity contribution in [2.75, 3.05) is 20.2 Å². The van der Waals surface area contributed by atoms with E-state index in [-0.39, 0.29) is 17.9 Å². The number of amides is 2. The van der Waals surface area contributed by atoms with Crippen molar-refractivity contribution >= 4 is 34.4 Å². The number of nitrogens with zero attached hydrogens (tertiary/aromatic N) is 2. The molecule has 0 unspecified atom stereocenters. The zero-order valence-electron chi connectivity index (χ0n) is 16.9. The van der Waals surface area contributed by atoms with Gasteiger partial charge in [0, 0.05) is 23.7 Å². The fourth-order valence-corrected chi connectivity index (χ4v) is 3.82. The number of likely N-dealkylation sites (tertiary alicyclic amines) is 1. The second-order valence-electron chi connectivity index (χ2n) is 7.39. The van der Waals surface area contributed by atoms with Crippen molar-refractivity contribution in [1.82, 2.24) is 20.2 Å². The van der Waals surface area contributed by atoms with Crippen LogP contribution in [0.15, 0.2) is 36.4 Å². The molecule has 0 aliphatic carbocycles. The van der Waals surface area contributed by atoms with E-state index >= 15 is 0 Å². The van der Waals surface area contributed by atoms with Crippen LogP contribution in [0.5, 0.6) is 5.75 Å². The molecule has 4 rings (SSSR count). The minimum atomic E-state index is -0.347. The van der Waals surface area contributed by atoms with Gasteiger partial charge in [-0.05, 0) is 56.2 Å². The predicted octanol–water partition coefficient (Wildman–Crippen LogP) is 3.95. The fourth-order valence-electron chi connectivity index (χ4n) is 3.65. The van der Waals surface area contributed by atoms with Crippen molar-refractivity contribution < 1.29 is 14.3 Å². The zero-order valence-corrected chi connectivity index (χ0v) is 17.6. The highest BCUT2D eigenvalue weighted by molar-refractivity contribution is 6.31. The number of halogens is 1. The summed E-state index contributed by atoms with van der Waals surface area (Å²) in [7, 11) is 1.50. The summed E-state index contributed by atoms with van der Waals surface area (Å²) < 4.78 is 5.40. The van der Waals surface area contributed by atoms with E-state index in [2.05, 4.69) is 15.3 Å². The second kappa shape index (κ2) is 8.36. The Morgan fingerprint density at radius 1 is 1.20 bits per heavy atom. The summed E-state index contributed by atoms with van der Waals surface area (Å²) >= 11 is 6.01. The maximum Gasteiger partial charge on any atom is 0.257 e. The van der Waals surface area contributed by atoms with E-state index < -0.39 is 0 Å². The summed E-state index contributed by atoms with van der Waals surface area (Å²) in [5, 5.41) is 3.53. The molecule has 0 spiro atoms. The third-order valence-corrected chi connectivity index (χ3v) is 5.54. The van der Waals surface area contributed by atoms with E-state index in [4.69, 9.17) is 16.3 Å². The van der Waals surface area contributed by atoms with Gasteiger partial charge in [-0.1, -0.05) is 11.6 Å². The normalized spacial score (nSPS) is 14.7. The molecule has 1 aromatic heterocycles. The molecule has 0 radical (unpaired) electrons. The Kier molecular flexibility index (Phi) is 5.63. The Balaban J connectivity index is 1.51. The third kappa shape index (κ3) is 3.98. The first-order valence-electron chi connectivity index (χ1n) is 9.89. The van der Waals surface area contributed by atoms with Crippen LogP contribution in [-0.4, -0.2) is 46.9 Å². The number of benzene rings is 2. The van der Waals surface area contributed by atoms with Gasteiger partial charge in [-0.15, -0.1) is 0 Å². The van der Waals surface area contributed by atoms with Crippen molar-refractivity contribution in [2.45, 2.75) is 25.8 Å². The monoisotopic (exact) mass is 426 g/mol. The molecule has 0 bridgehead atoms. The number of aromatic nitrogens is 2. The van der Waals surface area contributed by atoms with Gasteiger partial charge in [0.2, 0.25) is 0 Å². The molecule has 2 aromatic carbocycles. The molecular formula is C22H23ClN4O3. The number of imidazole rings is 1. The molecule has 8 heteroatoms. The average molecular weight is 427 g/mol. The summed E-state index contributed by atoms with van der Waals surface area (Å²) in [6.45, 7) is 3.36. The van der Waals surface area contributed by atoms with Gasteiger partial charge >= 0.3 is 0 Å². The van der Waals surface area contributed by atoms with Crippen LogP contribution in [0.2, 0.25) is 5.02 Å². The highest BCUT2D eigenvalue weighted by Crippen LogP contribution is 2.25. The van der Waals surface area contributed by atoms with Gasteiger partial charge in [0.1, 0.15) is 11.6 Å². The molecule has 1 aliphatic rings. The summed E-state index contributed by atoms with van der Waals surface area (Å²) in [6, 6.07) is 9.96. The molecule has 1 saturated heterocycles. The van der Waals surface area contributed by atoms with Crippen molar-refractivity contribution in [1.29, 1.82) is 0 Å². The molecule has 1 fully saturated rings. The quantitative estimate of drug-likeness (QED) is 0.646. The Morgan fingerprint density at radius 3 is 2.70 bits per heavy atom. The van der Waals surface area contributed by atoms with Gasteiger partial charge < -0.3 is 19.9 Å². The molecule has 2 amide bonds. The predicted molar refractivity (Wildman–Crippen MR) is 115 cm³/mol. The average Bonchev–Trinajstić information content (AvgIpc) is 3.42. The highest BCUT2D eigenvalue weighted by Gasteiger charge is 2.24. The lowest BCUT2D eigenvalue weighted by molar-refractivity contribution is 0.0788. The first kappa shape index (κ1) is 20.2.